The molecule has 0 aliphatic carbocycles. The molecule has 0 spiro atoms. The summed E-state index contributed by atoms with van der Waals surface area (Å²) in [6.45, 7) is 1.59. The highest BCUT2D eigenvalue weighted by atomic mass is 32.1. The zero-order valence-electron chi connectivity index (χ0n) is 14.7. The fraction of sp³-hybridized carbons (Fsp3) is 0.444. The maximum absolute atomic E-state index is 12.5. The van der Waals surface area contributed by atoms with Gasteiger partial charge in [0.1, 0.15) is 11.6 Å². The van der Waals surface area contributed by atoms with Crippen molar-refractivity contribution in [3.63, 3.8) is 0 Å². The van der Waals surface area contributed by atoms with Crippen LogP contribution in [0.3, 0.4) is 0 Å². The Balaban J connectivity index is 1.52. The van der Waals surface area contributed by atoms with Crippen LogP contribution in [0.15, 0.2) is 29.9 Å². The molecule has 1 atom stereocenters. The number of nitrogens with one attached hydrogen (secondary N) is 1. The standard InChI is InChI=1S/C18H22N4O3S/c1-25-11-17(23)22-7-3-5-14(10-22)18(24)20-9-16-21-15(12-26-16)13-4-2-6-19-8-13/h2,4,6,8,12,14H,3,5,7,9-11H2,1H3,(H,20,24)/t14-/m0/s1. The Bertz CT molecular complexity index is 750. The SMILES string of the molecule is COCC(=O)N1CCC[C@H](C(=O)NCc2nc(-c3cccnc3)cs2)C1. The molecule has 0 bridgehead atoms. The third-order valence-corrected chi connectivity index (χ3v) is 5.18. The Morgan fingerprint density at radius 2 is 2.35 bits per heavy atom. The second-order valence-electron chi connectivity index (χ2n) is 6.20. The molecule has 0 saturated carbocycles. The number of pyridine rings is 1. The number of likely N-dealkylation sites (tertiary alicyclic amines) is 1. The van der Waals surface area contributed by atoms with Crippen LogP contribution in [0.2, 0.25) is 0 Å². The Morgan fingerprint density at radius 3 is 3.12 bits per heavy atom. The monoisotopic (exact) mass is 374 g/mol. The summed E-state index contributed by atoms with van der Waals surface area (Å²) in [5, 5.41) is 5.76. The number of rotatable bonds is 6. The Kier molecular flexibility index (Phi) is 6.30. The van der Waals surface area contributed by atoms with Gasteiger partial charge in [0, 0.05) is 43.5 Å². The lowest BCUT2D eigenvalue weighted by Gasteiger charge is -2.31. The van der Waals surface area contributed by atoms with Crippen molar-refractivity contribution in [3.05, 3.63) is 34.9 Å². The molecule has 7 nitrogen and oxygen atoms in total. The summed E-state index contributed by atoms with van der Waals surface area (Å²) in [5.41, 5.74) is 1.82. The molecule has 138 valence electrons. The van der Waals surface area contributed by atoms with Crippen molar-refractivity contribution in [1.29, 1.82) is 0 Å². The number of thiazole rings is 1. The molecule has 8 heteroatoms. The van der Waals surface area contributed by atoms with Gasteiger partial charge in [-0.25, -0.2) is 4.98 Å². The van der Waals surface area contributed by atoms with Crippen molar-refractivity contribution in [2.75, 3.05) is 26.8 Å². The van der Waals surface area contributed by atoms with Crippen molar-refractivity contribution in [2.45, 2.75) is 19.4 Å². The molecule has 3 rings (SSSR count). The number of carbonyl (C=O) groups is 2. The van der Waals surface area contributed by atoms with E-state index in [4.69, 9.17) is 4.74 Å². The number of nitrogens with zero attached hydrogens (tertiary/aromatic N) is 3. The van der Waals surface area contributed by atoms with Crippen LogP contribution in [0.1, 0.15) is 17.8 Å². The summed E-state index contributed by atoms with van der Waals surface area (Å²) in [4.78, 5) is 34.8. The molecule has 2 aromatic heterocycles. The molecule has 1 N–H and O–H groups in total. The lowest BCUT2D eigenvalue weighted by Crippen LogP contribution is -2.46. The van der Waals surface area contributed by atoms with Gasteiger partial charge >= 0.3 is 0 Å². The van der Waals surface area contributed by atoms with Crippen LogP contribution in [0, 0.1) is 5.92 Å². The molecule has 1 fully saturated rings. The summed E-state index contributed by atoms with van der Waals surface area (Å²) in [6, 6.07) is 3.83. The molecule has 0 aromatic carbocycles. The number of carbonyl (C=O) groups excluding carboxylic acids is 2. The van der Waals surface area contributed by atoms with Gasteiger partial charge < -0.3 is 15.0 Å². The molecule has 26 heavy (non-hydrogen) atoms. The van der Waals surface area contributed by atoms with Crippen LogP contribution in [0.4, 0.5) is 0 Å². The van der Waals surface area contributed by atoms with Crippen molar-refractivity contribution in [1.82, 2.24) is 20.2 Å². The van der Waals surface area contributed by atoms with Gasteiger partial charge in [-0.3, -0.25) is 14.6 Å². The van der Waals surface area contributed by atoms with Gasteiger partial charge in [-0.1, -0.05) is 0 Å². The first-order valence-corrected chi connectivity index (χ1v) is 9.44. The number of piperidine rings is 1. The highest BCUT2D eigenvalue weighted by Crippen LogP contribution is 2.21. The first-order chi connectivity index (χ1) is 12.7. The maximum Gasteiger partial charge on any atom is 0.248 e. The minimum absolute atomic E-state index is 0.0296. The number of ether oxygens (including phenoxy) is 1. The van der Waals surface area contributed by atoms with Gasteiger partial charge in [0.05, 0.1) is 18.2 Å². The van der Waals surface area contributed by atoms with E-state index in [0.29, 0.717) is 19.6 Å². The molecule has 1 saturated heterocycles. The maximum atomic E-state index is 12.5. The van der Waals surface area contributed by atoms with E-state index in [-0.39, 0.29) is 24.3 Å². The predicted molar refractivity (Wildman–Crippen MR) is 98.4 cm³/mol. The summed E-state index contributed by atoms with van der Waals surface area (Å²) < 4.78 is 4.89. The molecule has 1 aliphatic heterocycles. The van der Waals surface area contributed by atoms with Gasteiger partial charge in [-0.15, -0.1) is 11.3 Å². The quantitative estimate of drug-likeness (QED) is 0.832. The normalized spacial score (nSPS) is 17.1. The van der Waals surface area contributed by atoms with E-state index in [2.05, 4.69) is 15.3 Å². The average Bonchev–Trinajstić information content (AvgIpc) is 3.16. The molecule has 2 aromatic rings. The third-order valence-electron chi connectivity index (χ3n) is 4.34. The average molecular weight is 374 g/mol. The second-order valence-corrected chi connectivity index (χ2v) is 7.14. The van der Waals surface area contributed by atoms with Gasteiger partial charge in [-0.05, 0) is 25.0 Å². The fourth-order valence-electron chi connectivity index (χ4n) is 2.98. The minimum atomic E-state index is -0.178. The highest BCUT2D eigenvalue weighted by molar-refractivity contribution is 7.09. The van der Waals surface area contributed by atoms with E-state index in [9.17, 15) is 9.59 Å². The summed E-state index contributed by atoms with van der Waals surface area (Å²) in [7, 11) is 1.50. The van der Waals surface area contributed by atoms with E-state index < -0.39 is 0 Å². The number of hydrogen-bond acceptors (Lipinski definition) is 6. The zero-order chi connectivity index (χ0) is 18.4. The smallest absolute Gasteiger partial charge is 0.248 e. The summed E-state index contributed by atoms with van der Waals surface area (Å²) in [6.07, 6.45) is 5.12. The molecular weight excluding hydrogens is 352 g/mol. The summed E-state index contributed by atoms with van der Waals surface area (Å²) in [5.74, 6) is -0.272. The number of methoxy groups -OCH3 is 1. The fourth-order valence-corrected chi connectivity index (χ4v) is 3.72. The van der Waals surface area contributed by atoms with E-state index in [1.165, 1.54) is 18.4 Å². The Hall–Kier alpha value is -2.32. The van der Waals surface area contributed by atoms with Gasteiger partial charge in [0.25, 0.3) is 0 Å². The molecule has 3 heterocycles. The van der Waals surface area contributed by atoms with Crippen molar-refractivity contribution in [3.8, 4) is 11.3 Å². The van der Waals surface area contributed by atoms with Gasteiger partial charge in [0.2, 0.25) is 11.8 Å². The lowest BCUT2D eigenvalue weighted by molar-refractivity contribution is -0.139. The number of amides is 2. The van der Waals surface area contributed by atoms with E-state index in [0.717, 1.165) is 29.1 Å². The van der Waals surface area contributed by atoms with Crippen molar-refractivity contribution < 1.29 is 14.3 Å². The minimum Gasteiger partial charge on any atom is -0.375 e. The van der Waals surface area contributed by atoms with Gasteiger partial charge in [-0.2, -0.15) is 0 Å². The molecule has 1 aliphatic rings. The molecule has 0 radical (unpaired) electrons. The Morgan fingerprint density at radius 1 is 1.46 bits per heavy atom. The van der Waals surface area contributed by atoms with Crippen molar-refractivity contribution in [2.24, 2.45) is 5.92 Å². The first kappa shape index (κ1) is 18.5. The number of hydrogen-bond donors (Lipinski definition) is 1. The van der Waals surface area contributed by atoms with E-state index in [1.54, 1.807) is 17.3 Å². The van der Waals surface area contributed by atoms with E-state index in [1.807, 2.05) is 17.5 Å². The third kappa shape index (κ3) is 4.64. The van der Waals surface area contributed by atoms with Gasteiger partial charge in [0.15, 0.2) is 0 Å². The molecule has 2 amide bonds. The Labute approximate surface area is 156 Å². The highest BCUT2D eigenvalue weighted by Gasteiger charge is 2.28. The number of aromatic nitrogens is 2. The van der Waals surface area contributed by atoms with Crippen LogP contribution < -0.4 is 5.32 Å². The topological polar surface area (TPSA) is 84.4 Å². The molecule has 0 unspecified atom stereocenters. The predicted octanol–water partition coefficient (Wildman–Crippen LogP) is 1.71. The first-order valence-electron chi connectivity index (χ1n) is 8.56. The van der Waals surface area contributed by atoms with Crippen LogP contribution in [-0.2, 0) is 20.9 Å². The lowest BCUT2D eigenvalue weighted by atomic mass is 9.97. The van der Waals surface area contributed by atoms with Crippen LogP contribution in [0.5, 0.6) is 0 Å². The van der Waals surface area contributed by atoms with Crippen LogP contribution >= 0.6 is 11.3 Å². The summed E-state index contributed by atoms with van der Waals surface area (Å²) >= 11 is 1.51. The van der Waals surface area contributed by atoms with Crippen LogP contribution in [-0.4, -0.2) is 53.5 Å². The van der Waals surface area contributed by atoms with Crippen LogP contribution in [0.25, 0.3) is 11.3 Å². The molecular formula is C18H22N4O3S. The zero-order valence-corrected chi connectivity index (χ0v) is 15.5. The van der Waals surface area contributed by atoms with Crippen molar-refractivity contribution >= 4 is 23.2 Å². The second kappa shape index (κ2) is 8.86. The van der Waals surface area contributed by atoms with E-state index >= 15 is 0 Å². The largest absolute Gasteiger partial charge is 0.375 e.